The van der Waals surface area contributed by atoms with Gasteiger partial charge in [0.1, 0.15) is 11.6 Å². The van der Waals surface area contributed by atoms with E-state index >= 15 is 0 Å². The minimum absolute atomic E-state index is 0.0938. The van der Waals surface area contributed by atoms with Crippen molar-refractivity contribution in [3.8, 4) is 5.75 Å². The van der Waals surface area contributed by atoms with Gasteiger partial charge in [-0.3, -0.25) is 9.69 Å². The van der Waals surface area contributed by atoms with Crippen LogP contribution in [-0.4, -0.2) is 36.1 Å². The first-order valence-corrected chi connectivity index (χ1v) is 4.85. The van der Waals surface area contributed by atoms with Gasteiger partial charge in [0, 0.05) is 13.1 Å². The smallest absolute Gasteiger partial charge is 0.215 e. The Hall–Kier alpha value is -1.62. The Morgan fingerprint density at radius 2 is 2.40 bits per heavy atom. The number of hydrogen-bond acceptors (Lipinski definition) is 4. The fraction of sp³-hybridized carbons (Fsp3) is 0.400. The normalized spacial score (nSPS) is 9.93. The van der Waals surface area contributed by atoms with Crippen LogP contribution in [0.4, 0.5) is 5.82 Å². The molecule has 0 aromatic carbocycles. The molecule has 0 aliphatic rings. The highest BCUT2D eigenvalue weighted by Crippen LogP contribution is 2.12. The van der Waals surface area contributed by atoms with Crippen molar-refractivity contribution in [3.05, 3.63) is 18.3 Å². The summed E-state index contributed by atoms with van der Waals surface area (Å²) in [6.45, 7) is 4.16. The summed E-state index contributed by atoms with van der Waals surface area (Å²) in [4.78, 5) is 16.2. The fourth-order valence-electron chi connectivity index (χ4n) is 1.15. The van der Waals surface area contributed by atoms with Gasteiger partial charge in [-0.1, -0.05) is 6.92 Å². The maximum absolute atomic E-state index is 10.8. The van der Waals surface area contributed by atoms with Crippen molar-refractivity contribution in [1.29, 1.82) is 0 Å². The zero-order valence-electron chi connectivity index (χ0n) is 8.68. The highest BCUT2D eigenvalue weighted by atomic mass is 16.3. The molecule has 0 aliphatic carbocycles. The van der Waals surface area contributed by atoms with Crippen molar-refractivity contribution in [2.45, 2.75) is 6.92 Å². The summed E-state index contributed by atoms with van der Waals surface area (Å²) in [7, 11) is 0. The Morgan fingerprint density at radius 1 is 1.60 bits per heavy atom. The van der Waals surface area contributed by atoms with Crippen molar-refractivity contribution in [2.24, 2.45) is 0 Å². The molecule has 0 atom stereocenters. The number of nitrogens with zero attached hydrogens (tertiary/aromatic N) is 2. The molecule has 0 saturated carbocycles. The third kappa shape index (κ3) is 3.55. The number of aromatic hydroxyl groups is 1. The van der Waals surface area contributed by atoms with Crippen LogP contribution in [0.5, 0.6) is 5.75 Å². The van der Waals surface area contributed by atoms with Crippen molar-refractivity contribution < 1.29 is 9.90 Å². The minimum atomic E-state index is 0.0938. The van der Waals surface area contributed by atoms with E-state index in [9.17, 15) is 4.79 Å². The van der Waals surface area contributed by atoms with Crippen molar-refractivity contribution in [3.63, 3.8) is 0 Å². The number of amides is 1. The van der Waals surface area contributed by atoms with Crippen LogP contribution >= 0.6 is 0 Å². The van der Waals surface area contributed by atoms with E-state index in [1.54, 1.807) is 6.07 Å². The summed E-state index contributed by atoms with van der Waals surface area (Å²) >= 11 is 0. The van der Waals surface area contributed by atoms with Gasteiger partial charge in [0.15, 0.2) is 0 Å². The first-order chi connectivity index (χ1) is 7.27. The summed E-state index contributed by atoms with van der Waals surface area (Å²) in [6, 6.07) is 3.11. The molecule has 0 radical (unpaired) electrons. The van der Waals surface area contributed by atoms with Crippen LogP contribution in [0.2, 0.25) is 0 Å². The van der Waals surface area contributed by atoms with Crippen LogP contribution in [0.3, 0.4) is 0 Å². The summed E-state index contributed by atoms with van der Waals surface area (Å²) in [5.74, 6) is 0.636. The van der Waals surface area contributed by atoms with Gasteiger partial charge < -0.3 is 10.4 Å². The van der Waals surface area contributed by atoms with E-state index in [4.69, 9.17) is 5.11 Å². The fourth-order valence-corrected chi connectivity index (χ4v) is 1.15. The third-order valence-electron chi connectivity index (χ3n) is 1.93. The number of anilines is 1. The van der Waals surface area contributed by atoms with Crippen LogP contribution in [0, 0.1) is 0 Å². The first kappa shape index (κ1) is 11.5. The van der Waals surface area contributed by atoms with Gasteiger partial charge in [0.2, 0.25) is 6.41 Å². The van der Waals surface area contributed by atoms with E-state index in [2.05, 4.69) is 10.3 Å². The number of nitrogens with one attached hydrogen (secondary N) is 1. The SMILES string of the molecule is CCNCCN(C=O)c1ccc(O)cn1. The molecule has 1 aromatic heterocycles. The summed E-state index contributed by atoms with van der Waals surface area (Å²) in [5, 5.41) is 12.2. The minimum Gasteiger partial charge on any atom is -0.506 e. The van der Waals surface area contributed by atoms with Gasteiger partial charge in [0.05, 0.1) is 6.20 Å². The molecule has 5 heteroatoms. The molecule has 15 heavy (non-hydrogen) atoms. The second-order valence-corrected chi connectivity index (χ2v) is 3.03. The molecule has 1 heterocycles. The summed E-state index contributed by atoms with van der Waals surface area (Å²) in [5.41, 5.74) is 0. The quantitative estimate of drug-likeness (QED) is 0.524. The second-order valence-electron chi connectivity index (χ2n) is 3.03. The molecule has 0 bridgehead atoms. The largest absolute Gasteiger partial charge is 0.506 e. The number of likely N-dealkylation sites (N-methyl/N-ethyl adjacent to an activating group) is 1. The zero-order chi connectivity index (χ0) is 11.1. The molecule has 0 saturated heterocycles. The van der Waals surface area contributed by atoms with E-state index in [0.29, 0.717) is 12.4 Å². The number of aromatic nitrogens is 1. The van der Waals surface area contributed by atoms with Crippen LogP contribution < -0.4 is 10.2 Å². The topological polar surface area (TPSA) is 65.5 Å². The molecular weight excluding hydrogens is 194 g/mol. The molecule has 5 nitrogen and oxygen atoms in total. The molecule has 1 aromatic rings. The number of hydrogen-bond donors (Lipinski definition) is 2. The maximum Gasteiger partial charge on any atom is 0.215 e. The zero-order valence-corrected chi connectivity index (χ0v) is 8.68. The molecule has 0 fully saturated rings. The van der Waals surface area contributed by atoms with Gasteiger partial charge in [-0.15, -0.1) is 0 Å². The maximum atomic E-state index is 10.8. The molecule has 0 aliphatic heterocycles. The third-order valence-corrected chi connectivity index (χ3v) is 1.93. The average molecular weight is 209 g/mol. The van der Waals surface area contributed by atoms with E-state index in [-0.39, 0.29) is 5.75 Å². The van der Waals surface area contributed by atoms with Crippen LogP contribution in [0.15, 0.2) is 18.3 Å². The van der Waals surface area contributed by atoms with Gasteiger partial charge in [0.25, 0.3) is 0 Å². The Labute approximate surface area is 88.7 Å². The van der Waals surface area contributed by atoms with Crippen LogP contribution in [0.25, 0.3) is 0 Å². The number of carbonyl (C=O) groups excluding carboxylic acids is 1. The van der Waals surface area contributed by atoms with E-state index in [1.165, 1.54) is 17.2 Å². The monoisotopic (exact) mass is 209 g/mol. The lowest BCUT2D eigenvalue weighted by Gasteiger charge is -2.16. The molecule has 0 unspecified atom stereocenters. The molecule has 1 rings (SSSR count). The van der Waals surface area contributed by atoms with Gasteiger partial charge >= 0.3 is 0 Å². The van der Waals surface area contributed by atoms with Gasteiger partial charge in [-0.2, -0.15) is 0 Å². The Morgan fingerprint density at radius 3 is 2.93 bits per heavy atom. The van der Waals surface area contributed by atoms with E-state index in [0.717, 1.165) is 19.5 Å². The number of pyridine rings is 1. The summed E-state index contributed by atoms with van der Waals surface area (Å²) < 4.78 is 0. The Balaban J connectivity index is 2.57. The molecule has 82 valence electrons. The Bertz CT molecular complexity index is 300. The standard InChI is InChI=1S/C10H15N3O2/c1-2-11-5-6-13(8-14)10-4-3-9(15)7-12-10/h3-4,7-8,11,15H,2,5-6H2,1H3. The lowest BCUT2D eigenvalue weighted by Crippen LogP contribution is -2.31. The van der Waals surface area contributed by atoms with Gasteiger partial charge in [-0.25, -0.2) is 4.98 Å². The van der Waals surface area contributed by atoms with Crippen molar-refractivity contribution in [2.75, 3.05) is 24.5 Å². The lowest BCUT2D eigenvalue weighted by molar-refractivity contribution is -0.107. The predicted octanol–water partition coefficient (Wildman–Crippen LogP) is 0.359. The van der Waals surface area contributed by atoms with Gasteiger partial charge in [-0.05, 0) is 18.7 Å². The van der Waals surface area contributed by atoms with E-state index < -0.39 is 0 Å². The van der Waals surface area contributed by atoms with Crippen molar-refractivity contribution in [1.82, 2.24) is 10.3 Å². The molecule has 1 amide bonds. The first-order valence-electron chi connectivity index (χ1n) is 4.85. The number of rotatable bonds is 6. The second kappa shape index (κ2) is 5.98. The average Bonchev–Trinajstić information content (AvgIpc) is 2.26. The van der Waals surface area contributed by atoms with Crippen molar-refractivity contribution >= 4 is 12.2 Å². The molecular formula is C10H15N3O2. The summed E-state index contributed by atoms with van der Waals surface area (Å²) in [6.07, 6.45) is 2.05. The number of carbonyl (C=O) groups is 1. The lowest BCUT2D eigenvalue weighted by atomic mass is 10.4. The highest BCUT2D eigenvalue weighted by molar-refractivity contribution is 5.72. The molecule has 0 spiro atoms. The van der Waals surface area contributed by atoms with E-state index in [1.807, 2.05) is 6.92 Å². The predicted molar refractivity (Wildman–Crippen MR) is 57.9 cm³/mol. The van der Waals surface area contributed by atoms with Crippen LogP contribution in [0.1, 0.15) is 6.92 Å². The Kier molecular flexibility index (Phi) is 4.56. The highest BCUT2D eigenvalue weighted by Gasteiger charge is 2.05. The molecule has 2 N–H and O–H groups in total. The van der Waals surface area contributed by atoms with Crippen LogP contribution in [-0.2, 0) is 4.79 Å².